The van der Waals surface area contributed by atoms with E-state index in [1.165, 1.54) is 0 Å². The van der Waals surface area contributed by atoms with Gasteiger partial charge in [0.25, 0.3) is 0 Å². The van der Waals surface area contributed by atoms with Crippen LogP contribution in [-0.4, -0.2) is 41.5 Å². The number of rotatable bonds is 5. The van der Waals surface area contributed by atoms with Gasteiger partial charge < -0.3 is 15.3 Å². The molecular formula is C20H28N2O3. The van der Waals surface area contributed by atoms with E-state index < -0.39 is 0 Å². The zero-order chi connectivity index (χ0) is 17.6. The number of hydrogen-bond donors (Lipinski definition) is 2. The number of hydrogen-bond acceptors (Lipinski definition) is 3. The number of carbonyl (C=O) groups is 2. The fourth-order valence-electron chi connectivity index (χ4n) is 4.00. The molecule has 2 fully saturated rings. The number of piperidine rings is 1. The van der Waals surface area contributed by atoms with Crippen LogP contribution in [0.15, 0.2) is 30.3 Å². The third-order valence-corrected chi connectivity index (χ3v) is 5.58. The maximum absolute atomic E-state index is 12.5. The Labute approximate surface area is 149 Å². The molecule has 0 bridgehead atoms. The van der Waals surface area contributed by atoms with Crippen LogP contribution in [0.1, 0.15) is 50.1 Å². The van der Waals surface area contributed by atoms with Gasteiger partial charge in [-0.15, -0.1) is 0 Å². The number of benzene rings is 1. The van der Waals surface area contributed by atoms with E-state index in [0.717, 1.165) is 31.2 Å². The van der Waals surface area contributed by atoms with E-state index in [1.54, 1.807) is 0 Å². The lowest BCUT2D eigenvalue weighted by molar-refractivity contribution is -0.139. The molecule has 2 N–H and O–H groups in total. The predicted molar refractivity (Wildman–Crippen MR) is 95.7 cm³/mol. The van der Waals surface area contributed by atoms with Gasteiger partial charge in [-0.3, -0.25) is 9.59 Å². The molecule has 1 heterocycles. The van der Waals surface area contributed by atoms with E-state index in [4.69, 9.17) is 0 Å². The topological polar surface area (TPSA) is 69.6 Å². The van der Waals surface area contributed by atoms with Crippen LogP contribution in [0.25, 0.3) is 0 Å². The summed E-state index contributed by atoms with van der Waals surface area (Å²) in [5, 5.41) is 12.6. The first-order valence-electron chi connectivity index (χ1n) is 9.44. The third kappa shape index (κ3) is 4.40. The summed E-state index contributed by atoms with van der Waals surface area (Å²) >= 11 is 0. The molecule has 5 nitrogen and oxygen atoms in total. The van der Waals surface area contributed by atoms with Gasteiger partial charge in [0, 0.05) is 24.9 Å². The summed E-state index contributed by atoms with van der Waals surface area (Å²) in [5.41, 5.74) is 0.909. The molecule has 1 aliphatic carbocycles. The fourth-order valence-corrected chi connectivity index (χ4v) is 4.00. The molecule has 1 saturated carbocycles. The van der Waals surface area contributed by atoms with Crippen LogP contribution in [0.3, 0.4) is 0 Å². The molecular weight excluding hydrogens is 316 g/mol. The predicted octanol–water partition coefficient (Wildman–Crippen LogP) is 2.26. The van der Waals surface area contributed by atoms with Gasteiger partial charge in [-0.05, 0) is 31.2 Å². The van der Waals surface area contributed by atoms with Gasteiger partial charge in [0.05, 0.1) is 12.6 Å². The first-order valence-corrected chi connectivity index (χ1v) is 9.44. The number of amides is 2. The summed E-state index contributed by atoms with van der Waals surface area (Å²) in [6.07, 6.45) is 5.78. The largest absolute Gasteiger partial charge is 0.394 e. The third-order valence-electron chi connectivity index (χ3n) is 5.58. The van der Waals surface area contributed by atoms with Crippen molar-refractivity contribution < 1.29 is 14.7 Å². The van der Waals surface area contributed by atoms with Gasteiger partial charge in [0.2, 0.25) is 11.8 Å². The fraction of sp³-hybridized carbons (Fsp3) is 0.600. The Morgan fingerprint density at radius 3 is 2.28 bits per heavy atom. The number of aliphatic hydroxyl groups excluding tert-OH is 1. The minimum atomic E-state index is -0.369. The summed E-state index contributed by atoms with van der Waals surface area (Å²) < 4.78 is 0. The zero-order valence-electron chi connectivity index (χ0n) is 14.7. The first kappa shape index (κ1) is 17.9. The van der Waals surface area contributed by atoms with Crippen molar-refractivity contribution in [2.75, 3.05) is 19.7 Å². The van der Waals surface area contributed by atoms with Gasteiger partial charge in [-0.1, -0.05) is 43.2 Å². The normalized spacial score (nSPS) is 20.4. The van der Waals surface area contributed by atoms with Crippen LogP contribution < -0.4 is 5.32 Å². The molecule has 25 heavy (non-hydrogen) atoms. The molecule has 0 radical (unpaired) electrons. The average molecular weight is 344 g/mol. The number of carbonyl (C=O) groups excluding carboxylic acids is 2. The van der Waals surface area contributed by atoms with E-state index in [2.05, 4.69) is 5.32 Å². The van der Waals surface area contributed by atoms with Crippen molar-refractivity contribution in [3.63, 3.8) is 0 Å². The quantitative estimate of drug-likeness (QED) is 0.861. The monoisotopic (exact) mass is 344 g/mol. The standard InChI is InChI=1S/C20H28N2O3/c23-14-18(15-6-2-1-3-7-15)21-19(24)16-10-12-22(13-11-16)20(25)17-8-4-5-9-17/h1-3,6-7,16-18,23H,4-5,8-14H2,(H,21,24)/t18-/m0/s1. The number of aliphatic hydroxyl groups is 1. The average Bonchev–Trinajstić information content (AvgIpc) is 3.21. The smallest absolute Gasteiger partial charge is 0.225 e. The Morgan fingerprint density at radius 1 is 1.04 bits per heavy atom. The number of nitrogens with zero attached hydrogens (tertiary/aromatic N) is 1. The molecule has 0 spiro atoms. The van der Waals surface area contributed by atoms with Crippen LogP contribution in [0, 0.1) is 11.8 Å². The molecule has 1 aromatic carbocycles. The highest BCUT2D eigenvalue weighted by molar-refractivity contribution is 5.81. The SMILES string of the molecule is O=C(N[C@@H](CO)c1ccccc1)C1CCN(C(=O)C2CCCC2)CC1. The molecule has 2 amide bonds. The molecule has 1 saturated heterocycles. The second-order valence-electron chi connectivity index (χ2n) is 7.24. The number of nitrogens with one attached hydrogen (secondary N) is 1. The lowest BCUT2D eigenvalue weighted by Gasteiger charge is -2.33. The van der Waals surface area contributed by atoms with Crippen LogP contribution in [-0.2, 0) is 9.59 Å². The van der Waals surface area contributed by atoms with Crippen LogP contribution in [0.5, 0.6) is 0 Å². The van der Waals surface area contributed by atoms with Crippen molar-refractivity contribution >= 4 is 11.8 Å². The van der Waals surface area contributed by atoms with E-state index in [1.807, 2.05) is 35.2 Å². The maximum atomic E-state index is 12.5. The molecule has 3 rings (SSSR count). The summed E-state index contributed by atoms with van der Waals surface area (Å²) in [6.45, 7) is 1.22. The molecule has 2 aliphatic rings. The van der Waals surface area contributed by atoms with Crippen LogP contribution >= 0.6 is 0 Å². The summed E-state index contributed by atoms with van der Waals surface area (Å²) in [4.78, 5) is 27.0. The van der Waals surface area contributed by atoms with Gasteiger partial charge >= 0.3 is 0 Å². The van der Waals surface area contributed by atoms with Gasteiger partial charge in [-0.25, -0.2) is 0 Å². The summed E-state index contributed by atoms with van der Waals surface area (Å²) in [7, 11) is 0. The molecule has 1 atom stereocenters. The Balaban J connectivity index is 1.50. The van der Waals surface area contributed by atoms with E-state index in [-0.39, 0.29) is 36.3 Å². The Bertz CT molecular complexity index is 576. The highest BCUT2D eigenvalue weighted by Crippen LogP contribution is 2.28. The Morgan fingerprint density at radius 2 is 1.68 bits per heavy atom. The van der Waals surface area contributed by atoms with Crippen molar-refractivity contribution in [3.05, 3.63) is 35.9 Å². The summed E-state index contributed by atoms with van der Waals surface area (Å²) in [5.74, 6) is 0.400. The van der Waals surface area contributed by atoms with E-state index in [9.17, 15) is 14.7 Å². The van der Waals surface area contributed by atoms with Crippen LogP contribution in [0.4, 0.5) is 0 Å². The highest BCUT2D eigenvalue weighted by Gasteiger charge is 2.32. The first-order chi connectivity index (χ1) is 12.2. The molecule has 0 aromatic heterocycles. The second-order valence-corrected chi connectivity index (χ2v) is 7.24. The van der Waals surface area contributed by atoms with Gasteiger partial charge in [-0.2, -0.15) is 0 Å². The molecule has 1 aromatic rings. The molecule has 0 unspecified atom stereocenters. The van der Waals surface area contributed by atoms with Crippen molar-refractivity contribution in [3.8, 4) is 0 Å². The zero-order valence-corrected chi connectivity index (χ0v) is 14.7. The number of likely N-dealkylation sites (tertiary alicyclic amines) is 1. The molecule has 1 aliphatic heterocycles. The van der Waals surface area contributed by atoms with Crippen molar-refractivity contribution in [2.45, 2.75) is 44.6 Å². The minimum Gasteiger partial charge on any atom is -0.394 e. The second kappa shape index (κ2) is 8.48. The molecule has 136 valence electrons. The Kier molecular flexibility index (Phi) is 6.08. The van der Waals surface area contributed by atoms with E-state index >= 15 is 0 Å². The molecule has 5 heteroatoms. The van der Waals surface area contributed by atoms with Crippen LogP contribution in [0.2, 0.25) is 0 Å². The van der Waals surface area contributed by atoms with Gasteiger partial charge in [0.15, 0.2) is 0 Å². The van der Waals surface area contributed by atoms with Crippen molar-refractivity contribution in [2.24, 2.45) is 11.8 Å². The van der Waals surface area contributed by atoms with E-state index in [0.29, 0.717) is 25.9 Å². The van der Waals surface area contributed by atoms with Crippen molar-refractivity contribution in [1.82, 2.24) is 10.2 Å². The van der Waals surface area contributed by atoms with Crippen molar-refractivity contribution in [1.29, 1.82) is 0 Å². The minimum absolute atomic E-state index is 0.0177. The maximum Gasteiger partial charge on any atom is 0.225 e. The lowest BCUT2D eigenvalue weighted by Crippen LogP contribution is -2.45. The van der Waals surface area contributed by atoms with Gasteiger partial charge in [0.1, 0.15) is 0 Å². The highest BCUT2D eigenvalue weighted by atomic mass is 16.3. The summed E-state index contributed by atoms with van der Waals surface area (Å²) in [6, 6.07) is 9.16. The Hall–Kier alpha value is -1.88. The lowest BCUT2D eigenvalue weighted by atomic mass is 9.94.